The fraction of sp³-hybridized carbons (Fsp3) is 0.118. The first-order chi connectivity index (χ1) is 12.6. The number of hydrogen-bond donors (Lipinski definition) is 1. The van der Waals surface area contributed by atoms with Crippen molar-refractivity contribution in [2.45, 2.75) is 12.6 Å². The third-order valence-electron chi connectivity index (χ3n) is 3.60. The molecule has 2 aromatic carbocycles. The van der Waals surface area contributed by atoms with Crippen molar-refractivity contribution in [2.24, 2.45) is 0 Å². The van der Waals surface area contributed by atoms with Crippen molar-refractivity contribution in [3.05, 3.63) is 75.8 Å². The topological polar surface area (TPSA) is 64.0 Å². The highest BCUT2D eigenvalue weighted by Gasteiger charge is 2.38. The predicted molar refractivity (Wildman–Crippen MR) is 85.4 cm³/mol. The Bertz CT molecular complexity index is 1070. The molecule has 0 spiro atoms. The van der Waals surface area contributed by atoms with Gasteiger partial charge in [-0.2, -0.15) is 17.8 Å². The quantitative estimate of drug-likeness (QED) is 0.708. The van der Waals surface area contributed by atoms with E-state index in [0.29, 0.717) is 11.6 Å². The first kappa shape index (κ1) is 18.5. The van der Waals surface area contributed by atoms with Crippen LogP contribution in [0.15, 0.2) is 47.3 Å². The Morgan fingerprint density at radius 2 is 1.67 bits per heavy atom. The van der Waals surface area contributed by atoms with E-state index >= 15 is 0 Å². The number of aromatic nitrogens is 2. The molecular formula is C17H10F5N3O2. The Kier molecular flexibility index (Phi) is 4.64. The SMILES string of the molecule is O=C(Cc1ccc(F)cc1)Nn1c(C(F)(F)F)nc2cc(F)ccc2c1=O. The number of fused-ring (bicyclic) bond motifs is 1. The molecule has 1 amide bonds. The first-order valence-corrected chi connectivity index (χ1v) is 7.49. The van der Waals surface area contributed by atoms with Crippen LogP contribution in [-0.2, 0) is 17.4 Å². The van der Waals surface area contributed by atoms with Crippen LogP contribution in [0.1, 0.15) is 11.4 Å². The zero-order valence-electron chi connectivity index (χ0n) is 13.3. The number of amides is 1. The Morgan fingerprint density at radius 3 is 2.30 bits per heavy atom. The van der Waals surface area contributed by atoms with Gasteiger partial charge in [0.25, 0.3) is 5.56 Å². The maximum absolute atomic E-state index is 13.3. The van der Waals surface area contributed by atoms with Crippen LogP contribution in [-0.4, -0.2) is 15.6 Å². The Labute approximate surface area is 148 Å². The van der Waals surface area contributed by atoms with Crippen LogP contribution in [0.4, 0.5) is 22.0 Å². The van der Waals surface area contributed by atoms with E-state index in [1.54, 1.807) is 0 Å². The van der Waals surface area contributed by atoms with E-state index in [4.69, 9.17) is 0 Å². The van der Waals surface area contributed by atoms with Crippen molar-refractivity contribution in [2.75, 3.05) is 5.43 Å². The normalized spacial score (nSPS) is 11.6. The highest BCUT2D eigenvalue weighted by Crippen LogP contribution is 2.27. The van der Waals surface area contributed by atoms with E-state index in [-0.39, 0.29) is 10.1 Å². The predicted octanol–water partition coefficient (Wildman–Crippen LogP) is 3.01. The standard InChI is InChI=1S/C17H10F5N3O2/c18-10-3-1-9(2-4-10)7-14(26)24-25-15(27)12-6-5-11(19)8-13(12)23-16(25)17(20,21)22/h1-6,8H,7H2,(H,24,26). The Balaban J connectivity index is 2.02. The monoisotopic (exact) mass is 383 g/mol. The van der Waals surface area contributed by atoms with Gasteiger partial charge in [0.15, 0.2) is 0 Å². The van der Waals surface area contributed by atoms with Gasteiger partial charge in [-0.1, -0.05) is 12.1 Å². The molecule has 0 aliphatic heterocycles. The molecule has 0 fully saturated rings. The summed E-state index contributed by atoms with van der Waals surface area (Å²) >= 11 is 0. The number of nitrogens with one attached hydrogen (secondary N) is 1. The van der Waals surface area contributed by atoms with Gasteiger partial charge in [0.05, 0.1) is 17.3 Å². The number of hydrogen-bond acceptors (Lipinski definition) is 3. The molecule has 3 rings (SSSR count). The summed E-state index contributed by atoms with van der Waals surface area (Å²) in [5.41, 5.74) is 0.478. The molecule has 0 atom stereocenters. The molecule has 27 heavy (non-hydrogen) atoms. The number of carbonyl (C=O) groups excluding carboxylic acids is 1. The van der Waals surface area contributed by atoms with Gasteiger partial charge in [0.1, 0.15) is 11.6 Å². The molecule has 140 valence electrons. The van der Waals surface area contributed by atoms with Crippen LogP contribution in [0.3, 0.4) is 0 Å². The molecule has 0 aliphatic rings. The number of nitrogens with zero attached hydrogens (tertiary/aromatic N) is 2. The van der Waals surface area contributed by atoms with E-state index < -0.39 is 47.0 Å². The second-order valence-electron chi connectivity index (χ2n) is 5.57. The van der Waals surface area contributed by atoms with Gasteiger partial charge in [0, 0.05) is 6.07 Å². The molecule has 1 heterocycles. The van der Waals surface area contributed by atoms with Gasteiger partial charge in [-0.3, -0.25) is 15.0 Å². The van der Waals surface area contributed by atoms with Gasteiger partial charge in [-0.15, -0.1) is 0 Å². The molecule has 5 nitrogen and oxygen atoms in total. The molecule has 0 saturated heterocycles. The van der Waals surface area contributed by atoms with Gasteiger partial charge < -0.3 is 0 Å². The maximum Gasteiger partial charge on any atom is 0.451 e. The molecule has 0 unspecified atom stereocenters. The number of carbonyl (C=O) groups is 1. The second-order valence-corrected chi connectivity index (χ2v) is 5.57. The lowest BCUT2D eigenvalue weighted by molar-refractivity contribution is -0.147. The Morgan fingerprint density at radius 1 is 1.04 bits per heavy atom. The molecule has 0 saturated carbocycles. The van der Waals surface area contributed by atoms with E-state index in [1.807, 2.05) is 5.43 Å². The van der Waals surface area contributed by atoms with Crippen molar-refractivity contribution in [1.82, 2.24) is 9.66 Å². The summed E-state index contributed by atoms with van der Waals surface area (Å²) in [5.74, 6) is -4.04. The van der Waals surface area contributed by atoms with Gasteiger partial charge in [-0.25, -0.2) is 13.8 Å². The van der Waals surface area contributed by atoms with Crippen molar-refractivity contribution >= 4 is 16.8 Å². The minimum Gasteiger partial charge on any atom is -0.273 e. The zero-order valence-corrected chi connectivity index (χ0v) is 13.3. The van der Waals surface area contributed by atoms with Crippen LogP contribution in [0.2, 0.25) is 0 Å². The molecule has 1 aromatic heterocycles. The van der Waals surface area contributed by atoms with Crippen LogP contribution in [0.5, 0.6) is 0 Å². The van der Waals surface area contributed by atoms with Gasteiger partial charge in [-0.05, 0) is 29.8 Å². The van der Waals surface area contributed by atoms with E-state index in [2.05, 4.69) is 4.98 Å². The van der Waals surface area contributed by atoms with Crippen molar-refractivity contribution in [3.8, 4) is 0 Å². The Hall–Kier alpha value is -3.30. The minimum absolute atomic E-state index is 0.0217. The summed E-state index contributed by atoms with van der Waals surface area (Å²) in [4.78, 5) is 27.7. The van der Waals surface area contributed by atoms with Crippen LogP contribution < -0.4 is 11.0 Å². The molecular weight excluding hydrogens is 373 g/mol. The number of benzene rings is 2. The van der Waals surface area contributed by atoms with Crippen LogP contribution in [0.25, 0.3) is 10.9 Å². The average molecular weight is 383 g/mol. The molecule has 10 heteroatoms. The fourth-order valence-electron chi connectivity index (χ4n) is 2.40. The zero-order chi connectivity index (χ0) is 19.8. The van der Waals surface area contributed by atoms with E-state index in [0.717, 1.165) is 24.3 Å². The lowest BCUT2D eigenvalue weighted by Crippen LogP contribution is -2.39. The molecule has 1 N–H and O–H groups in total. The largest absolute Gasteiger partial charge is 0.451 e. The first-order valence-electron chi connectivity index (χ1n) is 7.49. The summed E-state index contributed by atoms with van der Waals surface area (Å²) in [7, 11) is 0. The second kappa shape index (κ2) is 6.78. The summed E-state index contributed by atoms with van der Waals surface area (Å²) < 4.78 is 65.9. The lowest BCUT2D eigenvalue weighted by atomic mass is 10.1. The molecule has 0 aliphatic carbocycles. The number of halogens is 5. The van der Waals surface area contributed by atoms with E-state index in [9.17, 15) is 31.5 Å². The lowest BCUT2D eigenvalue weighted by Gasteiger charge is -2.16. The molecule has 0 bridgehead atoms. The average Bonchev–Trinajstić information content (AvgIpc) is 2.58. The van der Waals surface area contributed by atoms with Gasteiger partial charge in [0.2, 0.25) is 11.7 Å². The van der Waals surface area contributed by atoms with E-state index in [1.165, 1.54) is 12.1 Å². The van der Waals surface area contributed by atoms with Crippen LogP contribution >= 0.6 is 0 Å². The van der Waals surface area contributed by atoms with Crippen molar-refractivity contribution < 1.29 is 26.7 Å². The summed E-state index contributed by atoms with van der Waals surface area (Å²) in [6.45, 7) is 0. The molecule has 0 radical (unpaired) electrons. The fourth-order valence-corrected chi connectivity index (χ4v) is 2.40. The third-order valence-corrected chi connectivity index (χ3v) is 3.60. The van der Waals surface area contributed by atoms with Crippen molar-refractivity contribution in [1.29, 1.82) is 0 Å². The number of alkyl halides is 3. The summed E-state index contributed by atoms with van der Waals surface area (Å²) in [6.07, 6.45) is -5.48. The third kappa shape index (κ3) is 3.94. The summed E-state index contributed by atoms with van der Waals surface area (Å²) in [6, 6.07) is 7.29. The minimum atomic E-state index is -5.08. The highest BCUT2D eigenvalue weighted by atomic mass is 19.4. The van der Waals surface area contributed by atoms with Gasteiger partial charge >= 0.3 is 6.18 Å². The molecule has 3 aromatic rings. The summed E-state index contributed by atoms with van der Waals surface area (Å²) in [5, 5.41) is -0.300. The van der Waals surface area contributed by atoms with Crippen LogP contribution in [0, 0.1) is 11.6 Å². The highest BCUT2D eigenvalue weighted by molar-refractivity contribution is 5.86. The number of rotatable bonds is 3. The van der Waals surface area contributed by atoms with Crippen molar-refractivity contribution in [3.63, 3.8) is 0 Å². The maximum atomic E-state index is 13.3. The smallest absolute Gasteiger partial charge is 0.273 e.